The van der Waals surface area contributed by atoms with Gasteiger partial charge in [0.25, 0.3) is 0 Å². The summed E-state index contributed by atoms with van der Waals surface area (Å²) >= 11 is 0. The molecule has 2 saturated heterocycles. The number of carbonyl (C=O) groups excluding carboxylic acids is 1. The standard InChI is InChI=1S/C14H23NO2S.C8H16N2O.C3H8O.3C3H8.C2H6/c1-11(2)10-13(5)14(12(3)4)18(16,17)15-8-6-7-9-15;1-2-3-9-4-6-10(8-11)7-5-9;1-3-4-2;3*1-3-2;1-2/h10H,3,6-9H2,1-2,4-5H3;8H,2-7H2,1H3;3H2,1-2H3;3*3H2,1-2H3;1-2H3/b14-13+;;;;;;. The number of hydrogen-bond acceptors (Lipinski definition) is 5. The third-order valence-electron chi connectivity index (χ3n) is 5.30. The molecule has 0 atom stereocenters. The molecule has 2 aliphatic heterocycles. The lowest BCUT2D eigenvalue weighted by Crippen LogP contribution is -2.45. The number of amides is 1. The summed E-state index contributed by atoms with van der Waals surface area (Å²) in [5, 5.41) is 0. The molecule has 2 fully saturated rings. The number of rotatable bonds is 8. The minimum Gasteiger partial charge on any atom is -0.385 e. The lowest BCUT2D eigenvalue weighted by molar-refractivity contribution is -0.119. The lowest BCUT2D eigenvalue weighted by Gasteiger charge is -2.32. The van der Waals surface area contributed by atoms with Gasteiger partial charge in [-0.05, 0) is 71.6 Å². The van der Waals surface area contributed by atoms with Crippen molar-refractivity contribution in [3.05, 3.63) is 34.3 Å². The van der Waals surface area contributed by atoms with E-state index in [1.807, 2.05) is 52.5 Å². The van der Waals surface area contributed by atoms with E-state index in [4.69, 9.17) is 0 Å². The van der Waals surface area contributed by atoms with Gasteiger partial charge in [-0.3, -0.25) is 9.69 Å². The first-order chi connectivity index (χ1) is 20.8. The van der Waals surface area contributed by atoms with E-state index in [0.29, 0.717) is 23.6 Å². The molecule has 44 heavy (non-hydrogen) atoms. The van der Waals surface area contributed by atoms with Crippen LogP contribution in [0.2, 0.25) is 0 Å². The molecule has 0 aromatic rings. The quantitative estimate of drug-likeness (QED) is 0.194. The Morgan fingerprint density at radius 3 is 1.43 bits per heavy atom. The SMILES string of the molecule is C=C(C)/C(=C(/C)C=C(C)C)S(=O)(=O)N1CCCC1.CC.CCC.CCC.CCC.CCCN1CCN(C=O)CC1.CCOC. The van der Waals surface area contributed by atoms with Crippen LogP contribution in [0.1, 0.15) is 135 Å². The second-order valence-corrected chi connectivity index (χ2v) is 12.7. The van der Waals surface area contributed by atoms with E-state index in [1.54, 1.807) is 18.3 Å². The van der Waals surface area contributed by atoms with Crippen LogP contribution in [0.5, 0.6) is 0 Å². The zero-order valence-corrected chi connectivity index (χ0v) is 33.0. The smallest absolute Gasteiger partial charge is 0.243 e. The average molecular weight is 648 g/mol. The Labute approximate surface area is 277 Å². The van der Waals surface area contributed by atoms with E-state index in [-0.39, 0.29) is 0 Å². The summed E-state index contributed by atoms with van der Waals surface area (Å²) in [6.07, 6.45) is 9.71. The maximum absolute atomic E-state index is 12.6. The Bertz CT molecular complexity index is 783. The summed E-state index contributed by atoms with van der Waals surface area (Å²) in [6, 6.07) is 0. The molecule has 0 N–H and O–H groups in total. The predicted molar refractivity (Wildman–Crippen MR) is 198 cm³/mol. The van der Waals surface area contributed by atoms with Gasteiger partial charge in [0.1, 0.15) is 0 Å². The highest BCUT2D eigenvalue weighted by atomic mass is 32.2. The van der Waals surface area contributed by atoms with Gasteiger partial charge in [0, 0.05) is 53.0 Å². The van der Waals surface area contributed by atoms with Crippen molar-refractivity contribution in [2.24, 2.45) is 0 Å². The number of methoxy groups -OCH3 is 1. The number of carbonyl (C=O) groups is 1. The molecular weight excluding hydrogens is 570 g/mol. The van der Waals surface area contributed by atoms with Crippen molar-refractivity contribution >= 4 is 16.4 Å². The number of piperazine rings is 1. The molecular formula is C36H77N3O4S. The molecule has 2 rings (SSSR count). The van der Waals surface area contributed by atoms with Crippen molar-refractivity contribution in [3.63, 3.8) is 0 Å². The summed E-state index contributed by atoms with van der Waals surface area (Å²) in [6.45, 7) is 39.4. The Kier molecular flexibility index (Phi) is 44.6. The number of ether oxygens (including phenoxy) is 1. The highest BCUT2D eigenvalue weighted by Gasteiger charge is 2.30. The fraction of sp³-hybridized carbons (Fsp3) is 0.806. The minimum absolute atomic E-state index is 0.380. The van der Waals surface area contributed by atoms with Crippen LogP contribution in [0.3, 0.4) is 0 Å². The second-order valence-electron chi connectivity index (χ2n) is 10.8. The van der Waals surface area contributed by atoms with Gasteiger partial charge in [0.15, 0.2) is 0 Å². The van der Waals surface area contributed by atoms with Crippen LogP contribution in [0, 0.1) is 0 Å². The number of allylic oxidation sites excluding steroid dienone is 4. The van der Waals surface area contributed by atoms with E-state index in [9.17, 15) is 13.2 Å². The molecule has 8 heteroatoms. The van der Waals surface area contributed by atoms with E-state index >= 15 is 0 Å². The van der Waals surface area contributed by atoms with Gasteiger partial charge < -0.3 is 9.64 Å². The highest BCUT2D eigenvalue weighted by Crippen LogP contribution is 2.27. The van der Waals surface area contributed by atoms with Crippen molar-refractivity contribution in [3.8, 4) is 0 Å². The molecule has 0 saturated carbocycles. The lowest BCUT2D eigenvalue weighted by atomic mass is 10.1. The van der Waals surface area contributed by atoms with Crippen molar-refractivity contribution in [1.82, 2.24) is 14.1 Å². The summed E-state index contributed by atoms with van der Waals surface area (Å²) < 4.78 is 31.3. The average Bonchev–Trinajstić information content (AvgIpc) is 3.52. The number of sulfonamides is 1. The molecule has 266 valence electrons. The molecule has 0 spiro atoms. The first-order valence-corrected chi connectivity index (χ1v) is 18.7. The van der Waals surface area contributed by atoms with Gasteiger partial charge in [0.05, 0.1) is 4.91 Å². The van der Waals surface area contributed by atoms with E-state index < -0.39 is 10.0 Å². The maximum atomic E-state index is 12.6. The van der Waals surface area contributed by atoms with Crippen molar-refractivity contribution < 1.29 is 17.9 Å². The Hall–Kier alpha value is -1.48. The molecule has 2 heterocycles. The van der Waals surface area contributed by atoms with Gasteiger partial charge >= 0.3 is 0 Å². The summed E-state index contributed by atoms with van der Waals surface area (Å²) in [5.74, 6) is 0. The van der Waals surface area contributed by atoms with Gasteiger partial charge in [-0.2, -0.15) is 4.31 Å². The number of nitrogens with zero attached hydrogens (tertiary/aromatic N) is 3. The molecule has 0 aliphatic carbocycles. The fourth-order valence-corrected chi connectivity index (χ4v) is 5.63. The predicted octanol–water partition coefficient (Wildman–Crippen LogP) is 9.33. The van der Waals surface area contributed by atoms with Crippen molar-refractivity contribution in [1.29, 1.82) is 0 Å². The van der Waals surface area contributed by atoms with Crippen LogP contribution in [-0.4, -0.2) is 88.5 Å². The molecule has 0 radical (unpaired) electrons. The van der Waals surface area contributed by atoms with Crippen LogP contribution in [0.4, 0.5) is 0 Å². The summed E-state index contributed by atoms with van der Waals surface area (Å²) in [5.41, 5.74) is 2.47. The molecule has 0 aromatic heterocycles. The minimum atomic E-state index is -3.38. The first kappa shape index (κ1) is 52.1. The second kappa shape index (κ2) is 37.7. The Balaban J connectivity index is -0.000000165. The fourth-order valence-electron chi connectivity index (χ4n) is 3.72. The van der Waals surface area contributed by atoms with Gasteiger partial charge in [-0.15, -0.1) is 0 Å². The van der Waals surface area contributed by atoms with Crippen LogP contribution >= 0.6 is 0 Å². The number of hydrogen-bond donors (Lipinski definition) is 0. The summed E-state index contributed by atoms with van der Waals surface area (Å²) in [7, 11) is -1.70. The molecule has 1 amide bonds. The van der Waals surface area contributed by atoms with Gasteiger partial charge in [-0.25, -0.2) is 8.42 Å². The van der Waals surface area contributed by atoms with Crippen LogP contribution in [0.15, 0.2) is 34.3 Å². The van der Waals surface area contributed by atoms with Crippen molar-refractivity contribution in [2.75, 3.05) is 59.5 Å². The van der Waals surface area contributed by atoms with E-state index in [0.717, 1.165) is 63.2 Å². The molecule has 2 aliphatic rings. The zero-order valence-electron chi connectivity index (χ0n) is 32.1. The van der Waals surface area contributed by atoms with E-state index in [1.165, 1.54) is 32.2 Å². The van der Waals surface area contributed by atoms with Crippen LogP contribution in [-0.2, 0) is 19.6 Å². The topological polar surface area (TPSA) is 70.2 Å². The molecule has 0 aromatic carbocycles. The van der Waals surface area contributed by atoms with Gasteiger partial charge in [0.2, 0.25) is 16.4 Å². The molecule has 7 nitrogen and oxygen atoms in total. The third kappa shape index (κ3) is 30.5. The van der Waals surface area contributed by atoms with Crippen LogP contribution < -0.4 is 0 Å². The van der Waals surface area contributed by atoms with Gasteiger partial charge in [-0.1, -0.05) is 99.8 Å². The highest BCUT2D eigenvalue weighted by molar-refractivity contribution is 7.93. The first-order valence-electron chi connectivity index (χ1n) is 17.2. The normalized spacial score (nSPS) is 14.7. The molecule has 0 unspecified atom stereocenters. The van der Waals surface area contributed by atoms with Crippen molar-refractivity contribution in [2.45, 2.75) is 135 Å². The zero-order chi connectivity index (χ0) is 35.6. The van der Waals surface area contributed by atoms with E-state index in [2.05, 4.69) is 64.7 Å². The van der Waals surface area contributed by atoms with Crippen LogP contribution in [0.25, 0.3) is 0 Å². The third-order valence-corrected chi connectivity index (χ3v) is 7.53. The molecule has 0 bridgehead atoms. The Morgan fingerprint density at radius 1 is 0.773 bits per heavy atom. The maximum Gasteiger partial charge on any atom is 0.243 e. The monoisotopic (exact) mass is 648 g/mol. The Morgan fingerprint density at radius 2 is 1.16 bits per heavy atom. The summed E-state index contributed by atoms with van der Waals surface area (Å²) in [4.78, 5) is 15.0. The largest absolute Gasteiger partial charge is 0.385 e.